The average molecular weight is 667 g/mol. The highest BCUT2D eigenvalue weighted by Gasteiger charge is 2.22. The summed E-state index contributed by atoms with van der Waals surface area (Å²) in [5.41, 5.74) is 6.55. The van der Waals surface area contributed by atoms with Gasteiger partial charge in [0, 0.05) is 27.6 Å². The summed E-state index contributed by atoms with van der Waals surface area (Å²) in [6.07, 6.45) is 0. The van der Waals surface area contributed by atoms with E-state index < -0.39 is 0 Å². The van der Waals surface area contributed by atoms with Gasteiger partial charge in [-0.1, -0.05) is 121 Å². The molecule has 3 heterocycles. The molecule has 0 spiro atoms. The SMILES string of the molecule is c1ccc(-c2nc(-c3ccc4ccc5ccccc5c4c3)nc(-c3cc4oc5ccc6oc(-c7ccccc7)nc6c5c4c4ccccc34)n2)cc1. The number of rotatable bonds is 4. The van der Waals surface area contributed by atoms with E-state index in [1.807, 2.05) is 78.9 Å². The van der Waals surface area contributed by atoms with E-state index in [0.29, 0.717) is 28.9 Å². The first-order chi connectivity index (χ1) is 25.7. The Balaban J connectivity index is 1.16. The molecule has 0 atom stereocenters. The lowest BCUT2D eigenvalue weighted by Crippen LogP contribution is -2.00. The fourth-order valence-electron chi connectivity index (χ4n) is 7.48. The molecule has 0 unspecified atom stereocenters. The summed E-state index contributed by atoms with van der Waals surface area (Å²) in [5, 5.41) is 8.63. The minimum absolute atomic E-state index is 0.568. The van der Waals surface area contributed by atoms with E-state index in [1.54, 1.807) is 0 Å². The number of fused-ring (bicyclic) bond motifs is 10. The Bertz CT molecular complexity index is 3180. The summed E-state index contributed by atoms with van der Waals surface area (Å²) in [6, 6.07) is 53.6. The zero-order valence-electron chi connectivity index (χ0n) is 27.6. The normalized spacial score (nSPS) is 11.8. The summed E-state index contributed by atoms with van der Waals surface area (Å²) >= 11 is 0. The maximum Gasteiger partial charge on any atom is 0.227 e. The van der Waals surface area contributed by atoms with Crippen LogP contribution in [0.5, 0.6) is 0 Å². The van der Waals surface area contributed by atoms with Crippen molar-refractivity contribution in [3.05, 3.63) is 158 Å². The van der Waals surface area contributed by atoms with Crippen molar-refractivity contribution in [2.24, 2.45) is 0 Å². The molecular formula is C46H26N4O2. The number of nitrogens with zero attached hydrogens (tertiary/aromatic N) is 4. The molecule has 3 aromatic heterocycles. The highest BCUT2D eigenvalue weighted by Crippen LogP contribution is 2.43. The van der Waals surface area contributed by atoms with Crippen LogP contribution in [0.25, 0.3) is 111 Å². The zero-order valence-corrected chi connectivity index (χ0v) is 27.6. The van der Waals surface area contributed by atoms with Gasteiger partial charge in [0.1, 0.15) is 16.7 Å². The third kappa shape index (κ3) is 4.44. The van der Waals surface area contributed by atoms with Crippen molar-refractivity contribution in [2.75, 3.05) is 0 Å². The molecule has 0 radical (unpaired) electrons. The van der Waals surface area contributed by atoms with Gasteiger partial charge in [0.05, 0.1) is 5.39 Å². The van der Waals surface area contributed by atoms with Crippen LogP contribution in [-0.4, -0.2) is 19.9 Å². The van der Waals surface area contributed by atoms with Crippen LogP contribution < -0.4 is 0 Å². The van der Waals surface area contributed by atoms with Gasteiger partial charge in [-0.05, 0) is 68.7 Å². The Morgan fingerprint density at radius 3 is 1.77 bits per heavy atom. The Labute approximate surface area is 296 Å². The van der Waals surface area contributed by atoms with Gasteiger partial charge >= 0.3 is 0 Å². The molecule has 0 saturated carbocycles. The quantitative estimate of drug-likeness (QED) is 0.174. The number of hydrogen-bond acceptors (Lipinski definition) is 6. The molecule has 11 aromatic rings. The summed E-state index contributed by atoms with van der Waals surface area (Å²) in [5.74, 6) is 2.35. The highest BCUT2D eigenvalue weighted by atomic mass is 16.4. The number of oxazole rings is 1. The lowest BCUT2D eigenvalue weighted by Gasteiger charge is -2.12. The van der Waals surface area contributed by atoms with Gasteiger partial charge in [0.2, 0.25) is 5.89 Å². The fourth-order valence-corrected chi connectivity index (χ4v) is 7.48. The van der Waals surface area contributed by atoms with Gasteiger partial charge in [-0.15, -0.1) is 0 Å². The lowest BCUT2D eigenvalue weighted by atomic mass is 9.98. The van der Waals surface area contributed by atoms with Crippen LogP contribution in [0, 0.1) is 0 Å². The van der Waals surface area contributed by atoms with Crippen LogP contribution in [-0.2, 0) is 0 Å². The Morgan fingerprint density at radius 1 is 0.346 bits per heavy atom. The first-order valence-corrected chi connectivity index (χ1v) is 17.2. The van der Waals surface area contributed by atoms with E-state index in [0.717, 1.165) is 65.9 Å². The number of hydrogen-bond donors (Lipinski definition) is 0. The van der Waals surface area contributed by atoms with Crippen molar-refractivity contribution in [1.29, 1.82) is 0 Å². The van der Waals surface area contributed by atoms with Gasteiger partial charge in [0.25, 0.3) is 0 Å². The molecule has 6 nitrogen and oxygen atoms in total. The monoisotopic (exact) mass is 666 g/mol. The minimum atomic E-state index is 0.568. The van der Waals surface area contributed by atoms with Gasteiger partial charge in [0.15, 0.2) is 23.1 Å². The summed E-state index contributed by atoms with van der Waals surface area (Å²) in [6.45, 7) is 0. The second-order valence-electron chi connectivity index (χ2n) is 13.0. The fraction of sp³-hybridized carbons (Fsp3) is 0. The van der Waals surface area contributed by atoms with Crippen molar-refractivity contribution < 1.29 is 8.83 Å². The molecule has 0 aliphatic carbocycles. The number of furan rings is 1. The lowest BCUT2D eigenvalue weighted by molar-refractivity contribution is 0.619. The van der Waals surface area contributed by atoms with E-state index in [9.17, 15) is 0 Å². The summed E-state index contributed by atoms with van der Waals surface area (Å²) in [4.78, 5) is 20.4. The predicted octanol–water partition coefficient (Wildman–Crippen LogP) is 12.0. The van der Waals surface area contributed by atoms with E-state index in [-0.39, 0.29) is 0 Å². The van der Waals surface area contributed by atoms with E-state index >= 15 is 0 Å². The third-order valence-electron chi connectivity index (χ3n) is 9.93. The second kappa shape index (κ2) is 11.2. The maximum atomic E-state index is 6.61. The molecule has 0 saturated heterocycles. The molecule has 0 amide bonds. The summed E-state index contributed by atoms with van der Waals surface area (Å²) < 4.78 is 12.9. The number of benzene rings is 8. The van der Waals surface area contributed by atoms with Crippen LogP contribution in [0.1, 0.15) is 0 Å². The standard InChI is InChI=1S/C46H26N4O2/c1-3-12-29(13-4-1)43-48-44(31-22-21-28-20-19-27-11-7-8-16-32(27)35(28)25-31)50-45(49-43)36-26-39-40(34-18-10-9-17-33(34)36)41-37(51-39)23-24-38-42(41)47-46(52-38)30-14-5-2-6-15-30/h1-26H. The Morgan fingerprint density at radius 2 is 0.962 bits per heavy atom. The maximum absolute atomic E-state index is 6.61. The van der Waals surface area contributed by atoms with Gasteiger partial charge in [-0.3, -0.25) is 0 Å². The van der Waals surface area contributed by atoms with E-state index in [4.69, 9.17) is 28.8 Å². The molecule has 0 aliphatic rings. The first kappa shape index (κ1) is 28.6. The second-order valence-corrected chi connectivity index (χ2v) is 13.0. The predicted molar refractivity (Wildman–Crippen MR) is 209 cm³/mol. The topological polar surface area (TPSA) is 77.8 Å². The van der Waals surface area contributed by atoms with E-state index in [1.165, 1.54) is 16.2 Å². The zero-order chi connectivity index (χ0) is 34.2. The van der Waals surface area contributed by atoms with E-state index in [2.05, 4.69) is 78.9 Å². The molecule has 11 rings (SSSR count). The van der Waals surface area contributed by atoms with Crippen LogP contribution in [0.2, 0.25) is 0 Å². The van der Waals surface area contributed by atoms with Crippen molar-refractivity contribution in [3.8, 4) is 45.6 Å². The average Bonchev–Trinajstić information content (AvgIpc) is 3.83. The van der Waals surface area contributed by atoms with Crippen LogP contribution >= 0.6 is 0 Å². The smallest absolute Gasteiger partial charge is 0.227 e. The van der Waals surface area contributed by atoms with Crippen LogP contribution in [0.4, 0.5) is 0 Å². The Kier molecular flexibility index (Phi) is 6.15. The van der Waals surface area contributed by atoms with Gasteiger partial charge in [-0.2, -0.15) is 0 Å². The first-order valence-electron chi connectivity index (χ1n) is 17.2. The molecule has 52 heavy (non-hydrogen) atoms. The van der Waals surface area contributed by atoms with Crippen LogP contribution in [0.3, 0.4) is 0 Å². The molecule has 0 aliphatic heterocycles. The molecular weight excluding hydrogens is 641 g/mol. The number of aromatic nitrogens is 4. The van der Waals surface area contributed by atoms with Crippen molar-refractivity contribution in [1.82, 2.24) is 19.9 Å². The molecule has 6 heteroatoms. The molecule has 0 fully saturated rings. The minimum Gasteiger partial charge on any atom is -0.456 e. The highest BCUT2D eigenvalue weighted by molar-refractivity contribution is 6.27. The molecule has 0 N–H and O–H groups in total. The van der Waals surface area contributed by atoms with Crippen molar-refractivity contribution >= 4 is 65.4 Å². The van der Waals surface area contributed by atoms with Crippen molar-refractivity contribution in [3.63, 3.8) is 0 Å². The third-order valence-corrected chi connectivity index (χ3v) is 9.93. The molecule has 0 bridgehead atoms. The van der Waals surface area contributed by atoms with Crippen molar-refractivity contribution in [2.45, 2.75) is 0 Å². The van der Waals surface area contributed by atoms with Gasteiger partial charge < -0.3 is 8.83 Å². The van der Waals surface area contributed by atoms with Gasteiger partial charge in [-0.25, -0.2) is 19.9 Å². The summed E-state index contributed by atoms with van der Waals surface area (Å²) in [7, 11) is 0. The molecule has 8 aromatic carbocycles. The van der Waals surface area contributed by atoms with Crippen LogP contribution in [0.15, 0.2) is 167 Å². The largest absolute Gasteiger partial charge is 0.456 e. The molecule has 242 valence electrons. The Hall–Kier alpha value is -7.18.